The first-order valence-corrected chi connectivity index (χ1v) is 9.27. The van der Waals surface area contributed by atoms with Crippen LogP contribution in [0, 0.1) is 19.8 Å². The Kier molecular flexibility index (Phi) is 4.31. The summed E-state index contributed by atoms with van der Waals surface area (Å²) in [7, 11) is 0. The Hall–Kier alpha value is -2.99. The zero-order valence-electron chi connectivity index (χ0n) is 15.6. The van der Waals surface area contributed by atoms with Crippen molar-refractivity contribution in [2.45, 2.75) is 26.8 Å². The maximum absolute atomic E-state index is 13.3. The molecule has 0 radical (unpaired) electrons. The minimum atomic E-state index is -0.926. The maximum Gasteiger partial charge on any atom is 0.259 e. The van der Waals surface area contributed by atoms with Crippen LogP contribution < -0.4 is 9.91 Å². The highest BCUT2D eigenvalue weighted by atomic mass is 35.5. The number of Topliss-reactive ketones (excluding diaryl/α,β-unsaturated/α-hetero) is 1. The number of amides is 2. The summed E-state index contributed by atoms with van der Waals surface area (Å²) >= 11 is 6.19. The molecule has 28 heavy (non-hydrogen) atoms. The monoisotopic (exact) mass is 395 g/mol. The van der Waals surface area contributed by atoms with E-state index in [9.17, 15) is 14.4 Å². The van der Waals surface area contributed by atoms with Gasteiger partial charge in [-0.3, -0.25) is 19.4 Å². The van der Waals surface area contributed by atoms with Crippen molar-refractivity contribution in [1.29, 1.82) is 0 Å². The van der Waals surface area contributed by atoms with Gasteiger partial charge in [-0.2, -0.15) is 5.10 Å². The Labute approximate surface area is 167 Å². The molecule has 2 aromatic rings. The van der Waals surface area contributed by atoms with Crippen LogP contribution in [0.3, 0.4) is 0 Å². The molecule has 2 aromatic carbocycles. The van der Waals surface area contributed by atoms with Gasteiger partial charge in [0, 0.05) is 11.9 Å². The molecular weight excluding hydrogens is 378 g/mol. The molecule has 1 fully saturated rings. The molecule has 2 aliphatic heterocycles. The Morgan fingerprint density at radius 3 is 2.36 bits per heavy atom. The Balaban J connectivity index is 1.83. The van der Waals surface area contributed by atoms with E-state index >= 15 is 0 Å². The number of rotatable bonds is 3. The first-order chi connectivity index (χ1) is 13.3. The lowest BCUT2D eigenvalue weighted by Gasteiger charge is -2.23. The standard InChI is InChI=1S/C21H18ClN3O3/c1-11-7-9-14(10-8-11)25-19-17(18(23-25)13(3)26)20(27)24(21(19)28)16-6-4-5-15(22)12(16)2/h4-10,17,19H,1-3H3. The predicted molar refractivity (Wildman–Crippen MR) is 108 cm³/mol. The molecule has 0 spiro atoms. The number of nitrogens with zero attached hydrogens (tertiary/aromatic N) is 3. The minimum Gasteiger partial charge on any atom is -0.293 e. The van der Waals surface area contributed by atoms with Gasteiger partial charge < -0.3 is 0 Å². The van der Waals surface area contributed by atoms with Crippen molar-refractivity contribution < 1.29 is 14.4 Å². The summed E-state index contributed by atoms with van der Waals surface area (Å²) in [5, 5.41) is 6.30. The molecule has 4 rings (SSSR count). The number of imide groups is 1. The van der Waals surface area contributed by atoms with Crippen LogP contribution in [-0.2, 0) is 14.4 Å². The van der Waals surface area contributed by atoms with Crippen LogP contribution in [0.15, 0.2) is 47.6 Å². The van der Waals surface area contributed by atoms with E-state index in [1.54, 1.807) is 25.1 Å². The van der Waals surface area contributed by atoms with Gasteiger partial charge in [0.25, 0.3) is 5.91 Å². The number of hydrogen-bond donors (Lipinski definition) is 0. The molecular formula is C21H18ClN3O3. The number of halogens is 1. The van der Waals surface area contributed by atoms with E-state index < -0.39 is 23.8 Å². The zero-order chi connectivity index (χ0) is 20.2. The highest BCUT2D eigenvalue weighted by molar-refractivity contribution is 6.49. The predicted octanol–water partition coefficient (Wildman–Crippen LogP) is 3.28. The van der Waals surface area contributed by atoms with Gasteiger partial charge in [-0.15, -0.1) is 0 Å². The Morgan fingerprint density at radius 2 is 1.71 bits per heavy atom. The number of ketones is 1. The first-order valence-electron chi connectivity index (χ1n) is 8.89. The van der Waals surface area contributed by atoms with Crippen LogP contribution in [0.4, 0.5) is 11.4 Å². The van der Waals surface area contributed by atoms with Gasteiger partial charge in [0.2, 0.25) is 5.91 Å². The van der Waals surface area contributed by atoms with E-state index in [0.717, 1.165) is 10.5 Å². The molecule has 1 saturated heterocycles. The zero-order valence-corrected chi connectivity index (χ0v) is 16.4. The van der Waals surface area contributed by atoms with Crippen molar-refractivity contribution in [1.82, 2.24) is 0 Å². The Bertz CT molecular complexity index is 1050. The van der Waals surface area contributed by atoms with E-state index in [0.29, 0.717) is 22.0 Å². The summed E-state index contributed by atoms with van der Waals surface area (Å²) in [6, 6.07) is 11.6. The molecule has 0 bridgehead atoms. The SMILES string of the molecule is CC(=O)C1=NN(c2ccc(C)cc2)C2C(=O)N(c3cccc(Cl)c3C)C(=O)C12. The lowest BCUT2D eigenvalue weighted by atomic mass is 9.95. The van der Waals surface area contributed by atoms with Crippen molar-refractivity contribution in [3.8, 4) is 0 Å². The van der Waals surface area contributed by atoms with E-state index in [1.807, 2.05) is 31.2 Å². The number of carbonyl (C=O) groups excluding carboxylic acids is 3. The molecule has 2 aliphatic rings. The third-order valence-electron chi connectivity index (χ3n) is 5.19. The van der Waals surface area contributed by atoms with Crippen LogP contribution in [0.2, 0.25) is 5.02 Å². The van der Waals surface area contributed by atoms with Gasteiger partial charge in [0.05, 0.1) is 11.4 Å². The van der Waals surface area contributed by atoms with Crippen LogP contribution in [0.1, 0.15) is 18.1 Å². The number of carbonyl (C=O) groups is 3. The van der Waals surface area contributed by atoms with E-state index in [-0.39, 0.29) is 11.5 Å². The average Bonchev–Trinajstić information content (AvgIpc) is 3.16. The van der Waals surface area contributed by atoms with Gasteiger partial charge in [-0.1, -0.05) is 35.4 Å². The molecule has 7 heteroatoms. The van der Waals surface area contributed by atoms with Gasteiger partial charge in [-0.05, 0) is 43.7 Å². The average molecular weight is 396 g/mol. The maximum atomic E-state index is 13.3. The lowest BCUT2D eigenvalue weighted by molar-refractivity contribution is -0.122. The van der Waals surface area contributed by atoms with Gasteiger partial charge >= 0.3 is 0 Å². The normalized spacial score (nSPS) is 21.2. The molecule has 2 amide bonds. The summed E-state index contributed by atoms with van der Waals surface area (Å²) < 4.78 is 0. The minimum absolute atomic E-state index is 0.103. The second kappa shape index (κ2) is 6.56. The fraction of sp³-hybridized carbons (Fsp3) is 0.238. The van der Waals surface area contributed by atoms with Crippen molar-refractivity contribution in [2.24, 2.45) is 11.0 Å². The molecule has 2 unspecified atom stereocenters. The third kappa shape index (κ3) is 2.64. The summed E-state index contributed by atoms with van der Waals surface area (Å²) in [6.07, 6.45) is 0. The van der Waals surface area contributed by atoms with Crippen LogP contribution in [0.25, 0.3) is 0 Å². The van der Waals surface area contributed by atoms with Crippen molar-refractivity contribution in [3.63, 3.8) is 0 Å². The van der Waals surface area contributed by atoms with Crippen LogP contribution in [-0.4, -0.2) is 29.4 Å². The number of fused-ring (bicyclic) bond motifs is 1. The first kappa shape index (κ1) is 18.4. The largest absolute Gasteiger partial charge is 0.293 e. The number of hydrogen-bond acceptors (Lipinski definition) is 5. The van der Waals surface area contributed by atoms with Crippen LogP contribution in [0.5, 0.6) is 0 Å². The van der Waals surface area contributed by atoms with Gasteiger partial charge in [0.15, 0.2) is 5.78 Å². The van der Waals surface area contributed by atoms with Gasteiger partial charge in [-0.25, -0.2) is 4.90 Å². The smallest absolute Gasteiger partial charge is 0.259 e. The number of benzene rings is 2. The van der Waals surface area contributed by atoms with Crippen LogP contribution >= 0.6 is 11.6 Å². The fourth-order valence-electron chi connectivity index (χ4n) is 3.69. The summed E-state index contributed by atoms with van der Waals surface area (Å²) in [5.41, 5.74) is 2.88. The molecule has 0 aromatic heterocycles. The molecule has 6 nitrogen and oxygen atoms in total. The van der Waals surface area contributed by atoms with E-state index in [1.165, 1.54) is 11.9 Å². The summed E-state index contributed by atoms with van der Waals surface area (Å²) in [5.74, 6) is -2.12. The molecule has 2 atom stereocenters. The molecule has 0 saturated carbocycles. The molecule has 0 N–H and O–H groups in total. The van der Waals surface area contributed by atoms with Gasteiger partial charge in [0.1, 0.15) is 17.7 Å². The Morgan fingerprint density at radius 1 is 1.04 bits per heavy atom. The molecule has 142 valence electrons. The summed E-state index contributed by atoms with van der Waals surface area (Å²) in [4.78, 5) is 39.8. The lowest BCUT2D eigenvalue weighted by Crippen LogP contribution is -2.39. The fourth-order valence-corrected chi connectivity index (χ4v) is 3.86. The van der Waals surface area contributed by atoms with Crippen molar-refractivity contribution in [3.05, 3.63) is 58.6 Å². The quantitative estimate of drug-likeness (QED) is 0.748. The second-order valence-electron chi connectivity index (χ2n) is 7.04. The van der Waals surface area contributed by atoms with Crippen molar-refractivity contribution >= 4 is 46.3 Å². The molecule has 2 heterocycles. The number of aryl methyl sites for hydroxylation is 1. The molecule has 0 aliphatic carbocycles. The second-order valence-corrected chi connectivity index (χ2v) is 7.45. The number of hydrazone groups is 1. The highest BCUT2D eigenvalue weighted by Gasteiger charge is 2.58. The van der Waals surface area contributed by atoms with E-state index in [4.69, 9.17) is 11.6 Å². The summed E-state index contributed by atoms with van der Waals surface area (Å²) in [6.45, 7) is 5.07. The van der Waals surface area contributed by atoms with E-state index in [2.05, 4.69) is 5.10 Å². The highest BCUT2D eigenvalue weighted by Crippen LogP contribution is 2.39. The van der Waals surface area contributed by atoms with Crippen molar-refractivity contribution in [2.75, 3.05) is 9.91 Å². The topological polar surface area (TPSA) is 70.1 Å². The third-order valence-corrected chi connectivity index (χ3v) is 5.60. The number of anilines is 2.